The molecule has 0 bridgehead atoms. The lowest BCUT2D eigenvalue weighted by molar-refractivity contribution is -0.138. The van der Waals surface area contributed by atoms with Crippen LogP contribution in [0, 0.1) is 0 Å². The molecule has 0 radical (unpaired) electrons. The van der Waals surface area contributed by atoms with Crippen LogP contribution >= 0.6 is 0 Å². The molecule has 2 rings (SSSR count). The summed E-state index contributed by atoms with van der Waals surface area (Å²) in [6.45, 7) is 0.235. The minimum atomic E-state index is -4.59. The van der Waals surface area contributed by atoms with Gasteiger partial charge in [0.05, 0.1) is 17.2 Å². The summed E-state index contributed by atoms with van der Waals surface area (Å²) in [4.78, 5) is 22.8. The summed E-state index contributed by atoms with van der Waals surface area (Å²) >= 11 is 0. The van der Waals surface area contributed by atoms with Gasteiger partial charge in [-0.05, 0) is 12.1 Å². The van der Waals surface area contributed by atoms with Gasteiger partial charge in [-0.3, -0.25) is 9.59 Å². The Kier molecular flexibility index (Phi) is 3.46. The Morgan fingerprint density at radius 1 is 1.32 bits per heavy atom. The van der Waals surface area contributed by atoms with E-state index in [4.69, 9.17) is 0 Å². The fourth-order valence-corrected chi connectivity index (χ4v) is 1.90. The lowest BCUT2D eigenvalue weighted by Gasteiger charge is -2.14. The number of halogens is 3. The van der Waals surface area contributed by atoms with Crippen molar-refractivity contribution in [3.05, 3.63) is 35.4 Å². The Labute approximate surface area is 107 Å². The van der Waals surface area contributed by atoms with Gasteiger partial charge in [0, 0.05) is 13.0 Å². The van der Waals surface area contributed by atoms with E-state index in [0.717, 1.165) is 12.1 Å². The fourth-order valence-electron chi connectivity index (χ4n) is 1.90. The van der Waals surface area contributed by atoms with Gasteiger partial charge in [-0.1, -0.05) is 12.1 Å². The first kappa shape index (κ1) is 13.4. The van der Waals surface area contributed by atoms with E-state index in [2.05, 4.69) is 10.6 Å². The van der Waals surface area contributed by atoms with Crippen LogP contribution in [0.1, 0.15) is 22.3 Å². The van der Waals surface area contributed by atoms with E-state index in [1.54, 1.807) is 0 Å². The molecule has 1 atom stereocenters. The second-order valence-electron chi connectivity index (χ2n) is 4.22. The molecule has 2 amide bonds. The highest BCUT2D eigenvalue weighted by molar-refractivity contribution is 5.96. The van der Waals surface area contributed by atoms with Crippen LogP contribution in [0.4, 0.5) is 13.2 Å². The molecule has 19 heavy (non-hydrogen) atoms. The minimum Gasteiger partial charge on any atom is -0.354 e. The predicted molar refractivity (Wildman–Crippen MR) is 60.3 cm³/mol. The number of carbonyl (C=O) groups is 2. The van der Waals surface area contributed by atoms with Crippen molar-refractivity contribution in [1.29, 1.82) is 0 Å². The van der Waals surface area contributed by atoms with Gasteiger partial charge in [-0.15, -0.1) is 0 Å². The molecule has 0 saturated carbocycles. The number of hydrogen-bond donors (Lipinski definition) is 2. The van der Waals surface area contributed by atoms with Crippen molar-refractivity contribution in [3.63, 3.8) is 0 Å². The molecule has 1 heterocycles. The average Bonchev–Trinajstić information content (AvgIpc) is 2.73. The van der Waals surface area contributed by atoms with Crippen molar-refractivity contribution in [1.82, 2.24) is 10.6 Å². The number of rotatable bonds is 2. The lowest BCUT2D eigenvalue weighted by atomic mass is 10.1. The molecule has 102 valence electrons. The highest BCUT2D eigenvalue weighted by atomic mass is 19.4. The molecule has 0 aliphatic carbocycles. The van der Waals surface area contributed by atoms with Crippen LogP contribution in [-0.4, -0.2) is 24.4 Å². The summed E-state index contributed by atoms with van der Waals surface area (Å²) in [6, 6.07) is 4.08. The van der Waals surface area contributed by atoms with Gasteiger partial charge >= 0.3 is 6.18 Å². The van der Waals surface area contributed by atoms with E-state index in [1.165, 1.54) is 12.1 Å². The van der Waals surface area contributed by atoms with Crippen LogP contribution in [0.15, 0.2) is 24.3 Å². The molecular formula is C12H11F3N2O2. The monoisotopic (exact) mass is 272 g/mol. The molecule has 2 N–H and O–H groups in total. The summed E-state index contributed by atoms with van der Waals surface area (Å²) in [5.41, 5.74) is -1.42. The Bertz CT molecular complexity index is 514. The third kappa shape index (κ3) is 3.04. The first-order valence-electron chi connectivity index (χ1n) is 5.61. The Morgan fingerprint density at radius 2 is 2.00 bits per heavy atom. The molecule has 4 nitrogen and oxygen atoms in total. The van der Waals surface area contributed by atoms with Crippen LogP contribution in [0.5, 0.6) is 0 Å². The zero-order chi connectivity index (χ0) is 14.0. The van der Waals surface area contributed by atoms with Crippen LogP contribution in [0.25, 0.3) is 0 Å². The Hall–Kier alpha value is -2.05. The molecule has 0 aromatic heterocycles. The van der Waals surface area contributed by atoms with Gasteiger partial charge in [0.15, 0.2) is 0 Å². The lowest BCUT2D eigenvalue weighted by Crippen LogP contribution is -2.37. The highest BCUT2D eigenvalue weighted by Crippen LogP contribution is 2.31. The number of alkyl halides is 3. The second kappa shape index (κ2) is 4.91. The summed E-state index contributed by atoms with van der Waals surface area (Å²) in [6.07, 6.45) is -4.50. The SMILES string of the molecule is O=C1C[C@H](NC(=O)c2ccccc2C(F)(F)F)CN1. The minimum absolute atomic E-state index is 0.0833. The molecule has 0 spiro atoms. The molecule has 7 heteroatoms. The third-order valence-electron chi connectivity index (χ3n) is 2.79. The van der Waals surface area contributed by atoms with E-state index < -0.39 is 29.3 Å². The number of carbonyl (C=O) groups excluding carboxylic acids is 2. The van der Waals surface area contributed by atoms with E-state index >= 15 is 0 Å². The average molecular weight is 272 g/mol. The zero-order valence-electron chi connectivity index (χ0n) is 9.75. The summed E-state index contributed by atoms with van der Waals surface area (Å²) in [5, 5.41) is 4.91. The summed E-state index contributed by atoms with van der Waals surface area (Å²) < 4.78 is 38.2. The molecule has 1 aromatic rings. The normalized spacial score (nSPS) is 19.1. The van der Waals surface area contributed by atoms with Gasteiger partial charge < -0.3 is 10.6 Å². The first-order valence-corrected chi connectivity index (χ1v) is 5.61. The molecular weight excluding hydrogens is 261 g/mol. The topological polar surface area (TPSA) is 58.2 Å². The molecule has 1 aromatic carbocycles. The predicted octanol–water partition coefficient (Wildman–Crippen LogP) is 1.32. The van der Waals surface area contributed by atoms with Crippen molar-refractivity contribution >= 4 is 11.8 Å². The van der Waals surface area contributed by atoms with E-state index in [-0.39, 0.29) is 18.9 Å². The van der Waals surface area contributed by atoms with Crippen LogP contribution < -0.4 is 10.6 Å². The van der Waals surface area contributed by atoms with Crippen LogP contribution in [-0.2, 0) is 11.0 Å². The fraction of sp³-hybridized carbons (Fsp3) is 0.333. The largest absolute Gasteiger partial charge is 0.417 e. The summed E-state index contributed by atoms with van der Waals surface area (Å²) in [5.74, 6) is -1.05. The van der Waals surface area contributed by atoms with E-state index in [0.29, 0.717) is 0 Å². The van der Waals surface area contributed by atoms with Gasteiger partial charge in [0.2, 0.25) is 5.91 Å². The maximum absolute atomic E-state index is 12.7. The number of nitrogens with one attached hydrogen (secondary N) is 2. The van der Waals surface area contributed by atoms with Crippen molar-refractivity contribution in [2.45, 2.75) is 18.6 Å². The van der Waals surface area contributed by atoms with Gasteiger partial charge in [0.1, 0.15) is 0 Å². The molecule has 1 aliphatic heterocycles. The third-order valence-corrected chi connectivity index (χ3v) is 2.79. The Morgan fingerprint density at radius 3 is 2.58 bits per heavy atom. The molecule has 0 unspecified atom stereocenters. The van der Waals surface area contributed by atoms with E-state index in [9.17, 15) is 22.8 Å². The number of amides is 2. The second-order valence-corrected chi connectivity index (χ2v) is 4.22. The van der Waals surface area contributed by atoms with E-state index in [1.807, 2.05) is 0 Å². The smallest absolute Gasteiger partial charge is 0.354 e. The molecule has 1 aliphatic rings. The van der Waals surface area contributed by atoms with Gasteiger partial charge in [-0.2, -0.15) is 13.2 Å². The van der Waals surface area contributed by atoms with Crippen LogP contribution in [0.3, 0.4) is 0 Å². The van der Waals surface area contributed by atoms with Crippen LogP contribution in [0.2, 0.25) is 0 Å². The maximum atomic E-state index is 12.7. The quantitative estimate of drug-likeness (QED) is 0.853. The van der Waals surface area contributed by atoms with Crippen molar-refractivity contribution in [2.24, 2.45) is 0 Å². The van der Waals surface area contributed by atoms with Crippen molar-refractivity contribution in [3.8, 4) is 0 Å². The first-order chi connectivity index (χ1) is 8.88. The highest BCUT2D eigenvalue weighted by Gasteiger charge is 2.35. The zero-order valence-corrected chi connectivity index (χ0v) is 9.75. The standard InChI is InChI=1S/C12H11F3N2O2/c13-12(14,15)9-4-2-1-3-8(9)11(19)17-7-5-10(18)16-6-7/h1-4,7H,5-6H2,(H,16,18)(H,17,19)/t7-/m0/s1. The maximum Gasteiger partial charge on any atom is 0.417 e. The Balaban J connectivity index is 2.17. The van der Waals surface area contributed by atoms with Gasteiger partial charge in [0.25, 0.3) is 5.91 Å². The summed E-state index contributed by atoms with van der Waals surface area (Å²) in [7, 11) is 0. The molecule has 1 saturated heterocycles. The number of hydrogen-bond acceptors (Lipinski definition) is 2. The molecule has 1 fully saturated rings. The number of benzene rings is 1. The van der Waals surface area contributed by atoms with Crippen molar-refractivity contribution in [2.75, 3.05) is 6.54 Å². The van der Waals surface area contributed by atoms with Gasteiger partial charge in [-0.25, -0.2) is 0 Å². The van der Waals surface area contributed by atoms with Crippen molar-refractivity contribution < 1.29 is 22.8 Å².